The number of carbonyl (C=O) groups is 4. The fraction of sp³-hybridized carbons (Fsp3) is 0.953. The Morgan fingerprint density at radius 2 is 0.438 bits per heavy atom. The fourth-order valence-corrected chi connectivity index (χ4v) is 15.1. The Labute approximate surface area is 645 Å². The van der Waals surface area contributed by atoms with Gasteiger partial charge in [0.05, 0.1) is 26.4 Å². The number of hydrogen-bond acceptors (Lipinski definition) is 15. The molecule has 0 aromatic rings. The highest BCUT2D eigenvalue weighted by atomic mass is 31.2. The van der Waals surface area contributed by atoms with Crippen LogP contribution in [0.15, 0.2) is 0 Å². The largest absolute Gasteiger partial charge is 0.472 e. The SMILES string of the molecule is CCCCCCCCCCCCCCCCCCCCCCC(=O)O[C@H](COC(=O)CCCCCCCCCCCCCCCCCCCC)COP(=O)(O)OC[C@@H](O)COP(=O)(O)OC[C@@H](COC(=O)CCCCCCCCCCCCCCC)OC(=O)CCCCCCCCCCCCCC(C)C. The molecule has 0 bridgehead atoms. The second kappa shape index (κ2) is 78.7. The molecular formula is C86H168O17P2. The lowest BCUT2D eigenvalue weighted by Crippen LogP contribution is -2.30. The normalized spacial score (nSPS) is 13.8. The summed E-state index contributed by atoms with van der Waals surface area (Å²) in [7, 11) is -9.93. The molecule has 0 saturated heterocycles. The van der Waals surface area contributed by atoms with Crippen LogP contribution in [0, 0.1) is 5.92 Å². The maximum Gasteiger partial charge on any atom is 0.472 e. The number of unbranched alkanes of at least 4 members (excludes halogenated alkanes) is 58. The molecule has 3 N–H and O–H groups in total. The monoisotopic (exact) mass is 1540 g/mol. The molecule has 5 atom stereocenters. The number of esters is 4. The third kappa shape index (κ3) is 79.9. The van der Waals surface area contributed by atoms with Gasteiger partial charge in [-0.1, -0.05) is 413 Å². The van der Waals surface area contributed by atoms with Crippen molar-refractivity contribution < 1.29 is 80.2 Å². The maximum absolute atomic E-state index is 13.2. The number of hydrogen-bond donors (Lipinski definition) is 3. The number of phosphoric ester groups is 2. The van der Waals surface area contributed by atoms with Crippen molar-refractivity contribution in [3.63, 3.8) is 0 Å². The molecule has 105 heavy (non-hydrogen) atoms. The van der Waals surface area contributed by atoms with Crippen LogP contribution >= 0.6 is 15.6 Å². The van der Waals surface area contributed by atoms with Crippen molar-refractivity contribution in [1.29, 1.82) is 0 Å². The molecule has 0 aromatic heterocycles. The van der Waals surface area contributed by atoms with E-state index in [1.807, 2.05) is 0 Å². The van der Waals surface area contributed by atoms with E-state index >= 15 is 0 Å². The predicted molar refractivity (Wildman–Crippen MR) is 432 cm³/mol. The van der Waals surface area contributed by atoms with Crippen molar-refractivity contribution in [1.82, 2.24) is 0 Å². The Balaban J connectivity index is 5.25. The van der Waals surface area contributed by atoms with Crippen LogP contribution in [0.2, 0.25) is 0 Å². The van der Waals surface area contributed by atoms with Crippen LogP contribution in [0.3, 0.4) is 0 Å². The van der Waals surface area contributed by atoms with Gasteiger partial charge in [-0.3, -0.25) is 37.3 Å². The zero-order chi connectivity index (χ0) is 76.9. The number of phosphoric acid groups is 2. The van der Waals surface area contributed by atoms with Gasteiger partial charge in [-0.25, -0.2) is 9.13 Å². The highest BCUT2D eigenvalue weighted by molar-refractivity contribution is 7.47. The van der Waals surface area contributed by atoms with E-state index in [2.05, 4.69) is 34.6 Å². The van der Waals surface area contributed by atoms with E-state index in [0.29, 0.717) is 25.7 Å². The van der Waals surface area contributed by atoms with E-state index in [4.69, 9.17) is 37.0 Å². The standard InChI is InChI=1S/C86H168O17P2/c1-6-9-12-15-18-21-24-27-29-31-33-34-36-38-41-46-51-56-61-66-71-85(90)102-81(75-97-84(89)70-65-60-55-50-45-40-37-35-32-30-28-25-22-19-16-13-10-7-2)77-100-104(92,93)98-73-80(87)74-99-105(94,95)101-78-82(76-96-83(88)69-64-59-54-49-44-39-26-23-20-17-14-11-8-3)103-86(91)72-67-62-57-52-47-42-43-48-53-58-63-68-79(4)5/h79-82,87H,6-78H2,1-5H3,(H,92,93)(H,94,95)/t80-,81-,82-/m1/s1. The van der Waals surface area contributed by atoms with Gasteiger partial charge in [0.15, 0.2) is 12.2 Å². The Kier molecular flexibility index (Phi) is 77.3. The van der Waals surface area contributed by atoms with Crippen LogP contribution in [0.4, 0.5) is 0 Å². The van der Waals surface area contributed by atoms with Crippen LogP contribution < -0.4 is 0 Å². The molecule has 0 aromatic carbocycles. The van der Waals surface area contributed by atoms with E-state index in [-0.39, 0.29) is 25.7 Å². The van der Waals surface area contributed by atoms with Crippen molar-refractivity contribution in [3.05, 3.63) is 0 Å². The number of aliphatic hydroxyl groups excluding tert-OH is 1. The van der Waals surface area contributed by atoms with E-state index < -0.39 is 97.5 Å². The van der Waals surface area contributed by atoms with Crippen LogP contribution in [-0.2, 0) is 65.4 Å². The Bertz CT molecular complexity index is 2000. The molecular weight excluding hydrogens is 1370 g/mol. The molecule has 0 spiro atoms. The van der Waals surface area contributed by atoms with Gasteiger partial charge in [0.1, 0.15) is 19.3 Å². The minimum Gasteiger partial charge on any atom is -0.462 e. The van der Waals surface area contributed by atoms with E-state index in [9.17, 15) is 43.2 Å². The smallest absolute Gasteiger partial charge is 0.462 e. The van der Waals surface area contributed by atoms with Gasteiger partial charge in [0, 0.05) is 25.7 Å². The van der Waals surface area contributed by atoms with E-state index in [1.54, 1.807) is 0 Å². The molecule has 17 nitrogen and oxygen atoms in total. The summed E-state index contributed by atoms with van der Waals surface area (Å²) in [6, 6.07) is 0. The first kappa shape index (κ1) is 103. The van der Waals surface area contributed by atoms with Crippen molar-refractivity contribution in [2.24, 2.45) is 5.92 Å². The second-order valence-corrected chi connectivity index (χ2v) is 34.3. The third-order valence-corrected chi connectivity index (χ3v) is 22.2. The third-order valence-electron chi connectivity index (χ3n) is 20.3. The topological polar surface area (TPSA) is 237 Å². The maximum atomic E-state index is 13.2. The first-order chi connectivity index (χ1) is 51.0. The van der Waals surface area contributed by atoms with Crippen molar-refractivity contribution >= 4 is 39.5 Å². The number of rotatable bonds is 86. The van der Waals surface area contributed by atoms with Crippen molar-refractivity contribution in [2.75, 3.05) is 39.6 Å². The average Bonchev–Trinajstić information content (AvgIpc) is 0.911. The minimum absolute atomic E-state index is 0.107. The van der Waals surface area contributed by atoms with Crippen LogP contribution in [-0.4, -0.2) is 96.7 Å². The van der Waals surface area contributed by atoms with Crippen molar-refractivity contribution in [2.45, 2.75) is 483 Å². The highest BCUT2D eigenvalue weighted by Crippen LogP contribution is 2.45. The molecule has 0 aliphatic carbocycles. The molecule has 0 amide bonds. The van der Waals surface area contributed by atoms with Gasteiger partial charge in [0.2, 0.25) is 0 Å². The van der Waals surface area contributed by atoms with Gasteiger partial charge in [-0.15, -0.1) is 0 Å². The number of carbonyl (C=O) groups excluding carboxylic acids is 4. The van der Waals surface area contributed by atoms with Crippen molar-refractivity contribution in [3.8, 4) is 0 Å². The molecule has 0 aliphatic heterocycles. The summed E-state index contributed by atoms with van der Waals surface area (Å²) in [5, 5.41) is 10.7. The Morgan fingerprint density at radius 3 is 0.648 bits per heavy atom. The highest BCUT2D eigenvalue weighted by Gasteiger charge is 2.30. The van der Waals surface area contributed by atoms with Crippen LogP contribution in [0.5, 0.6) is 0 Å². The summed E-state index contributed by atoms with van der Waals surface area (Å²) in [6.07, 6.45) is 72.1. The molecule has 0 fully saturated rings. The predicted octanol–water partition coefficient (Wildman–Crippen LogP) is 26.4. The van der Waals surface area contributed by atoms with Gasteiger partial charge >= 0.3 is 39.5 Å². The van der Waals surface area contributed by atoms with Crippen LogP contribution in [0.25, 0.3) is 0 Å². The Hall–Kier alpha value is -1.94. The number of ether oxygens (including phenoxy) is 4. The summed E-state index contributed by atoms with van der Waals surface area (Å²) < 4.78 is 68.9. The summed E-state index contributed by atoms with van der Waals surface area (Å²) >= 11 is 0. The van der Waals surface area contributed by atoms with Gasteiger partial charge in [-0.2, -0.15) is 0 Å². The zero-order valence-electron chi connectivity index (χ0n) is 68.9. The molecule has 0 saturated carbocycles. The summed E-state index contributed by atoms with van der Waals surface area (Å²) in [5.41, 5.74) is 0. The lowest BCUT2D eigenvalue weighted by atomic mass is 10.0. The molecule has 624 valence electrons. The minimum atomic E-state index is -4.97. The van der Waals surface area contributed by atoms with Gasteiger partial charge in [0.25, 0.3) is 0 Å². The molecule has 19 heteroatoms. The lowest BCUT2D eigenvalue weighted by molar-refractivity contribution is -0.161. The zero-order valence-corrected chi connectivity index (χ0v) is 70.7. The quantitative estimate of drug-likeness (QED) is 0.0222. The lowest BCUT2D eigenvalue weighted by Gasteiger charge is -2.21. The first-order valence-electron chi connectivity index (χ1n) is 44.6. The summed E-state index contributed by atoms with van der Waals surface area (Å²) in [5.74, 6) is -1.33. The van der Waals surface area contributed by atoms with E-state index in [1.165, 1.54) is 289 Å². The molecule has 0 heterocycles. The molecule has 2 unspecified atom stereocenters. The van der Waals surface area contributed by atoms with Gasteiger partial charge < -0.3 is 33.8 Å². The van der Waals surface area contributed by atoms with Crippen LogP contribution in [0.1, 0.15) is 465 Å². The van der Waals surface area contributed by atoms with E-state index in [0.717, 1.165) is 95.8 Å². The van der Waals surface area contributed by atoms with Gasteiger partial charge in [-0.05, 0) is 31.6 Å². The molecule has 0 rings (SSSR count). The average molecular weight is 1540 g/mol. The Morgan fingerprint density at radius 1 is 0.257 bits per heavy atom. The summed E-state index contributed by atoms with van der Waals surface area (Å²) in [4.78, 5) is 73.3. The molecule has 0 aliphatic rings. The fourth-order valence-electron chi connectivity index (χ4n) is 13.5. The number of aliphatic hydroxyl groups is 1. The first-order valence-corrected chi connectivity index (χ1v) is 47.6. The molecule has 0 radical (unpaired) electrons. The summed E-state index contributed by atoms with van der Waals surface area (Å²) in [6.45, 7) is 7.37. The second-order valence-electron chi connectivity index (χ2n) is 31.4.